The predicted octanol–water partition coefficient (Wildman–Crippen LogP) is 1.17. The minimum Gasteiger partial charge on any atom is -0.486 e. The lowest BCUT2D eigenvalue weighted by atomic mass is 10.2. The summed E-state index contributed by atoms with van der Waals surface area (Å²) in [7, 11) is 0. The molecule has 2 N–H and O–H groups in total. The average molecular weight is 179 g/mol. The summed E-state index contributed by atoms with van der Waals surface area (Å²) in [4.78, 5) is 0. The van der Waals surface area contributed by atoms with Gasteiger partial charge in [0.2, 0.25) is 0 Å². The number of nitrogens with two attached hydrogens (primary N) is 1. The van der Waals surface area contributed by atoms with Gasteiger partial charge in [0.1, 0.15) is 12.7 Å². The highest BCUT2D eigenvalue weighted by molar-refractivity contribution is 5.40. The Morgan fingerprint density at radius 3 is 2.77 bits per heavy atom. The van der Waals surface area contributed by atoms with E-state index < -0.39 is 0 Å². The van der Waals surface area contributed by atoms with Crippen molar-refractivity contribution in [3.8, 4) is 11.5 Å². The van der Waals surface area contributed by atoms with Crippen LogP contribution in [0.1, 0.15) is 6.92 Å². The van der Waals surface area contributed by atoms with Crippen molar-refractivity contribution in [3.05, 3.63) is 24.3 Å². The van der Waals surface area contributed by atoms with Crippen LogP contribution in [-0.2, 0) is 0 Å². The molecule has 0 amide bonds. The van der Waals surface area contributed by atoms with Gasteiger partial charge in [0.25, 0.3) is 0 Å². The van der Waals surface area contributed by atoms with Crippen molar-refractivity contribution < 1.29 is 9.47 Å². The third-order valence-electron chi connectivity index (χ3n) is 2.12. The SMILES string of the molecule is C[C@@H](N)[C@H]1COc2ccccc2O1. The molecule has 0 spiro atoms. The van der Waals surface area contributed by atoms with Crippen LogP contribution in [0.2, 0.25) is 0 Å². The highest BCUT2D eigenvalue weighted by Gasteiger charge is 2.23. The van der Waals surface area contributed by atoms with Gasteiger partial charge in [-0.15, -0.1) is 0 Å². The summed E-state index contributed by atoms with van der Waals surface area (Å²) in [6.45, 7) is 2.46. The van der Waals surface area contributed by atoms with E-state index in [0.717, 1.165) is 11.5 Å². The van der Waals surface area contributed by atoms with Gasteiger partial charge in [0.15, 0.2) is 11.5 Å². The maximum Gasteiger partial charge on any atom is 0.161 e. The molecule has 1 aliphatic rings. The molecular weight excluding hydrogens is 166 g/mol. The first-order valence-corrected chi connectivity index (χ1v) is 4.41. The van der Waals surface area contributed by atoms with E-state index in [9.17, 15) is 0 Å². The fourth-order valence-corrected chi connectivity index (χ4v) is 1.29. The number of fused-ring (bicyclic) bond motifs is 1. The monoisotopic (exact) mass is 179 g/mol. The summed E-state index contributed by atoms with van der Waals surface area (Å²) in [5.74, 6) is 1.59. The van der Waals surface area contributed by atoms with Crippen molar-refractivity contribution >= 4 is 0 Å². The summed E-state index contributed by atoms with van der Waals surface area (Å²) in [6, 6.07) is 7.63. The van der Waals surface area contributed by atoms with Gasteiger partial charge in [-0.05, 0) is 19.1 Å². The van der Waals surface area contributed by atoms with E-state index in [0.29, 0.717) is 6.61 Å². The molecule has 1 aliphatic heterocycles. The molecule has 0 saturated heterocycles. The predicted molar refractivity (Wildman–Crippen MR) is 50.0 cm³/mol. The van der Waals surface area contributed by atoms with E-state index in [1.807, 2.05) is 31.2 Å². The Labute approximate surface area is 77.5 Å². The van der Waals surface area contributed by atoms with E-state index >= 15 is 0 Å². The van der Waals surface area contributed by atoms with E-state index in [1.165, 1.54) is 0 Å². The highest BCUT2D eigenvalue weighted by atomic mass is 16.6. The zero-order chi connectivity index (χ0) is 9.26. The first kappa shape index (κ1) is 8.38. The Bertz CT molecular complexity index is 299. The van der Waals surface area contributed by atoms with Gasteiger partial charge < -0.3 is 15.2 Å². The molecular formula is C10H13NO2. The van der Waals surface area contributed by atoms with Crippen LogP contribution in [0, 0.1) is 0 Å². The van der Waals surface area contributed by atoms with E-state index in [-0.39, 0.29) is 12.1 Å². The lowest BCUT2D eigenvalue weighted by Crippen LogP contribution is -2.42. The molecule has 3 heteroatoms. The third kappa shape index (κ3) is 1.60. The molecule has 0 radical (unpaired) electrons. The van der Waals surface area contributed by atoms with Crippen molar-refractivity contribution in [2.45, 2.75) is 19.1 Å². The van der Waals surface area contributed by atoms with Crippen molar-refractivity contribution in [3.63, 3.8) is 0 Å². The van der Waals surface area contributed by atoms with Gasteiger partial charge in [-0.25, -0.2) is 0 Å². The number of benzene rings is 1. The molecule has 0 aromatic heterocycles. The van der Waals surface area contributed by atoms with Crippen molar-refractivity contribution in [2.75, 3.05) is 6.61 Å². The Morgan fingerprint density at radius 1 is 1.38 bits per heavy atom. The second kappa shape index (κ2) is 3.26. The van der Waals surface area contributed by atoms with E-state index in [2.05, 4.69) is 0 Å². The first-order chi connectivity index (χ1) is 6.27. The number of ether oxygens (including phenoxy) is 2. The molecule has 2 atom stereocenters. The van der Waals surface area contributed by atoms with Crippen LogP contribution in [0.5, 0.6) is 11.5 Å². The van der Waals surface area contributed by atoms with Crippen LogP contribution in [0.15, 0.2) is 24.3 Å². The van der Waals surface area contributed by atoms with Gasteiger partial charge >= 0.3 is 0 Å². The van der Waals surface area contributed by atoms with Crippen LogP contribution >= 0.6 is 0 Å². The van der Waals surface area contributed by atoms with Crippen LogP contribution in [-0.4, -0.2) is 18.8 Å². The van der Waals surface area contributed by atoms with Gasteiger partial charge in [-0.3, -0.25) is 0 Å². The summed E-state index contributed by atoms with van der Waals surface area (Å²) < 4.78 is 11.1. The second-order valence-electron chi connectivity index (χ2n) is 3.27. The number of hydrogen-bond donors (Lipinski definition) is 1. The topological polar surface area (TPSA) is 44.5 Å². The second-order valence-corrected chi connectivity index (χ2v) is 3.27. The standard InChI is InChI=1S/C10H13NO2/c1-7(11)10-6-12-8-4-2-3-5-9(8)13-10/h2-5,7,10H,6,11H2,1H3/t7-,10-/m1/s1. The molecule has 0 aliphatic carbocycles. The number of hydrogen-bond acceptors (Lipinski definition) is 3. The quantitative estimate of drug-likeness (QED) is 0.704. The zero-order valence-corrected chi connectivity index (χ0v) is 7.57. The molecule has 70 valence electrons. The summed E-state index contributed by atoms with van der Waals surface area (Å²) in [5.41, 5.74) is 5.72. The third-order valence-corrected chi connectivity index (χ3v) is 2.12. The Hall–Kier alpha value is -1.22. The maximum absolute atomic E-state index is 5.72. The van der Waals surface area contributed by atoms with Gasteiger partial charge in [0, 0.05) is 6.04 Å². The maximum atomic E-state index is 5.72. The average Bonchev–Trinajstić information content (AvgIpc) is 2.17. The molecule has 0 fully saturated rings. The largest absolute Gasteiger partial charge is 0.486 e. The van der Waals surface area contributed by atoms with Crippen molar-refractivity contribution in [1.82, 2.24) is 0 Å². The van der Waals surface area contributed by atoms with Crippen molar-refractivity contribution in [2.24, 2.45) is 5.73 Å². The lowest BCUT2D eigenvalue weighted by Gasteiger charge is -2.28. The molecule has 13 heavy (non-hydrogen) atoms. The minimum absolute atomic E-state index is 0.00615. The Balaban J connectivity index is 2.20. The smallest absolute Gasteiger partial charge is 0.161 e. The van der Waals surface area contributed by atoms with Crippen LogP contribution in [0.4, 0.5) is 0 Å². The summed E-state index contributed by atoms with van der Waals surface area (Å²) in [5, 5.41) is 0. The zero-order valence-electron chi connectivity index (χ0n) is 7.57. The molecule has 3 nitrogen and oxygen atoms in total. The van der Waals surface area contributed by atoms with Crippen molar-refractivity contribution in [1.29, 1.82) is 0 Å². The summed E-state index contributed by atoms with van der Waals surface area (Å²) in [6.07, 6.45) is -0.0325. The van der Waals surface area contributed by atoms with E-state index in [1.54, 1.807) is 0 Å². The van der Waals surface area contributed by atoms with Crippen LogP contribution in [0.25, 0.3) is 0 Å². The molecule has 0 unspecified atom stereocenters. The Morgan fingerprint density at radius 2 is 2.08 bits per heavy atom. The number of para-hydroxylation sites is 2. The Kier molecular flexibility index (Phi) is 2.10. The summed E-state index contributed by atoms with van der Waals surface area (Å²) >= 11 is 0. The van der Waals surface area contributed by atoms with Gasteiger partial charge in [-0.1, -0.05) is 12.1 Å². The lowest BCUT2D eigenvalue weighted by molar-refractivity contribution is 0.0765. The van der Waals surface area contributed by atoms with E-state index in [4.69, 9.17) is 15.2 Å². The molecule has 1 aromatic rings. The fourth-order valence-electron chi connectivity index (χ4n) is 1.29. The van der Waals surface area contributed by atoms with Crippen LogP contribution < -0.4 is 15.2 Å². The molecule has 2 rings (SSSR count). The fraction of sp³-hybridized carbons (Fsp3) is 0.400. The minimum atomic E-state index is -0.0325. The molecule has 0 saturated carbocycles. The normalized spacial score (nSPS) is 22.5. The number of rotatable bonds is 1. The molecule has 1 heterocycles. The molecule has 1 aromatic carbocycles. The van der Waals surface area contributed by atoms with Gasteiger partial charge in [-0.2, -0.15) is 0 Å². The highest BCUT2D eigenvalue weighted by Crippen LogP contribution is 2.31. The first-order valence-electron chi connectivity index (χ1n) is 4.41. The molecule has 0 bridgehead atoms. The van der Waals surface area contributed by atoms with Crippen LogP contribution in [0.3, 0.4) is 0 Å². The van der Waals surface area contributed by atoms with Gasteiger partial charge in [0.05, 0.1) is 0 Å².